The summed E-state index contributed by atoms with van der Waals surface area (Å²) in [5.41, 5.74) is 3.75. The third-order valence-corrected chi connectivity index (χ3v) is 5.71. The predicted octanol–water partition coefficient (Wildman–Crippen LogP) is 3.58. The van der Waals surface area contributed by atoms with E-state index in [9.17, 15) is 4.79 Å². The maximum Gasteiger partial charge on any atom is 0.271 e. The Labute approximate surface area is 169 Å². The maximum absolute atomic E-state index is 12.4. The van der Waals surface area contributed by atoms with Gasteiger partial charge in [0.15, 0.2) is 0 Å². The molecule has 0 bridgehead atoms. The number of carbonyl (C=O) groups is 1. The molecule has 1 aromatic carbocycles. The van der Waals surface area contributed by atoms with Crippen molar-refractivity contribution in [2.45, 2.75) is 19.8 Å². The topological polar surface area (TPSA) is 63.1 Å². The molecule has 2 aromatic heterocycles. The highest BCUT2D eigenvalue weighted by atomic mass is 35.5. The van der Waals surface area contributed by atoms with Gasteiger partial charge >= 0.3 is 0 Å². The van der Waals surface area contributed by atoms with Crippen molar-refractivity contribution in [3.05, 3.63) is 52.9 Å². The van der Waals surface area contributed by atoms with Crippen LogP contribution in [0.1, 0.15) is 29.0 Å². The summed E-state index contributed by atoms with van der Waals surface area (Å²) in [5, 5.41) is 8.62. The van der Waals surface area contributed by atoms with E-state index in [0.29, 0.717) is 23.2 Å². The Morgan fingerprint density at radius 1 is 1.29 bits per heavy atom. The van der Waals surface area contributed by atoms with Crippen molar-refractivity contribution in [1.82, 2.24) is 20.1 Å². The minimum atomic E-state index is -0.164. The molecule has 0 saturated carbocycles. The average Bonchev–Trinajstić information content (AvgIpc) is 3.04. The van der Waals surface area contributed by atoms with Crippen molar-refractivity contribution in [3.8, 4) is 0 Å². The van der Waals surface area contributed by atoms with Crippen LogP contribution in [0.5, 0.6) is 0 Å². The molecule has 3 aromatic rings. The lowest BCUT2D eigenvalue weighted by Gasteiger charge is -2.34. The fraction of sp³-hybridized carbons (Fsp3) is 0.381. The van der Waals surface area contributed by atoms with Crippen LogP contribution in [0, 0.1) is 12.8 Å². The first kappa shape index (κ1) is 18.7. The van der Waals surface area contributed by atoms with E-state index in [1.54, 1.807) is 7.05 Å². The minimum absolute atomic E-state index is 0.164. The number of nitrogens with zero attached hydrogens (tertiary/aromatic N) is 4. The van der Waals surface area contributed by atoms with Crippen LogP contribution in [-0.2, 0) is 7.05 Å². The van der Waals surface area contributed by atoms with E-state index in [-0.39, 0.29) is 5.91 Å². The third-order valence-electron chi connectivity index (χ3n) is 5.44. The van der Waals surface area contributed by atoms with Gasteiger partial charge in [-0.25, -0.2) is 0 Å². The maximum atomic E-state index is 12.4. The number of halogens is 1. The molecule has 0 aliphatic carbocycles. The van der Waals surface area contributed by atoms with Crippen LogP contribution in [-0.4, -0.2) is 40.3 Å². The number of fused-ring (bicyclic) bond motifs is 1. The summed E-state index contributed by atoms with van der Waals surface area (Å²) in [4.78, 5) is 19.5. The highest BCUT2D eigenvalue weighted by Crippen LogP contribution is 2.30. The number of para-hydroxylation sites is 1. The Bertz CT molecular complexity index is 988. The van der Waals surface area contributed by atoms with Crippen molar-refractivity contribution in [3.63, 3.8) is 0 Å². The molecule has 0 radical (unpaired) electrons. The smallest absolute Gasteiger partial charge is 0.271 e. The monoisotopic (exact) mass is 397 g/mol. The number of aryl methyl sites for hydroxylation is 2. The van der Waals surface area contributed by atoms with Gasteiger partial charge in [0.1, 0.15) is 5.69 Å². The normalized spacial score (nSPS) is 15.2. The van der Waals surface area contributed by atoms with Gasteiger partial charge in [0.2, 0.25) is 0 Å². The first-order chi connectivity index (χ1) is 13.5. The molecule has 1 aliphatic rings. The van der Waals surface area contributed by atoms with Gasteiger partial charge in [-0.15, -0.1) is 0 Å². The van der Waals surface area contributed by atoms with E-state index in [1.165, 1.54) is 22.0 Å². The lowest BCUT2D eigenvalue weighted by atomic mass is 9.96. The molecule has 1 fully saturated rings. The van der Waals surface area contributed by atoms with Gasteiger partial charge in [0, 0.05) is 43.4 Å². The first-order valence-electron chi connectivity index (χ1n) is 9.60. The number of pyridine rings is 1. The number of hydrogen-bond donors (Lipinski definition) is 1. The van der Waals surface area contributed by atoms with Crippen molar-refractivity contribution >= 4 is 34.1 Å². The number of aromatic nitrogens is 3. The SMILES string of the molecule is Cc1cc(N2CCC(CNC(=O)c3c(Cl)cnn3C)CC2)c2ccccc2n1. The average molecular weight is 398 g/mol. The molecule has 0 atom stereocenters. The van der Waals surface area contributed by atoms with Gasteiger partial charge in [-0.3, -0.25) is 14.5 Å². The van der Waals surface area contributed by atoms with Gasteiger partial charge in [-0.05, 0) is 37.8 Å². The van der Waals surface area contributed by atoms with Crippen molar-refractivity contribution in [1.29, 1.82) is 0 Å². The lowest BCUT2D eigenvalue weighted by molar-refractivity contribution is 0.0935. The summed E-state index contributed by atoms with van der Waals surface area (Å²) in [6.07, 6.45) is 3.57. The van der Waals surface area contributed by atoms with Gasteiger partial charge in [-0.1, -0.05) is 29.8 Å². The molecule has 6 nitrogen and oxygen atoms in total. The Morgan fingerprint density at radius 3 is 2.75 bits per heavy atom. The minimum Gasteiger partial charge on any atom is -0.371 e. The summed E-state index contributed by atoms with van der Waals surface area (Å²) in [7, 11) is 1.72. The second kappa shape index (κ2) is 7.80. The number of amides is 1. The number of hydrogen-bond acceptors (Lipinski definition) is 4. The molecule has 146 valence electrons. The second-order valence-electron chi connectivity index (χ2n) is 7.41. The standard InChI is InChI=1S/C21H24ClN5O/c1-14-11-19(16-5-3-4-6-18(16)25-14)27-9-7-15(8-10-27)12-23-21(28)20-17(22)13-24-26(20)2/h3-6,11,13,15H,7-10,12H2,1-2H3,(H,23,28). The quantitative estimate of drug-likeness (QED) is 0.730. The van der Waals surface area contributed by atoms with Crippen LogP contribution in [0.25, 0.3) is 10.9 Å². The number of piperidine rings is 1. The van der Waals surface area contributed by atoms with E-state index in [4.69, 9.17) is 11.6 Å². The third kappa shape index (κ3) is 3.69. The Kier molecular flexibility index (Phi) is 5.22. The summed E-state index contributed by atoms with van der Waals surface area (Å²) in [6.45, 7) is 4.65. The molecule has 0 unspecified atom stereocenters. The van der Waals surface area contributed by atoms with E-state index >= 15 is 0 Å². The molecule has 1 amide bonds. The van der Waals surface area contributed by atoms with Crippen LogP contribution in [0.3, 0.4) is 0 Å². The Morgan fingerprint density at radius 2 is 2.04 bits per heavy atom. The first-order valence-corrected chi connectivity index (χ1v) is 9.98. The number of carbonyl (C=O) groups excluding carboxylic acids is 1. The number of rotatable bonds is 4. The molecule has 1 N–H and O–H groups in total. The van der Waals surface area contributed by atoms with Gasteiger partial charge < -0.3 is 10.2 Å². The van der Waals surface area contributed by atoms with Crippen molar-refractivity contribution in [2.75, 3.05) is 24.5 Å². The zero-order valence-corrected chi connectivity index (χ0v) is 16.9. The molecule has 0 spiro atoms. The fourth-order valence-corrected chi connectivity index (χ4v) is 4.16. The van der Waals surface area contributed by atoms with E-state index in [0.717, 1.165) is 37.1 Å². The summed E-state index contributed by atoms with van der Waals surface area (Å²) >= 11 is 6.05. The van der Waals surface area contributed by atoms with Crippen LogP contribution >= 0.6 is 11.6 Å². The highest BCUT2D eigenvalue weighted by Gasteiger charge is 2.23. The number of benzene rings is 1. The largest absolute Gasteiger partial charge is 0.371 e. The lowest BCUT2D eigenvalue weighted by Crippen LogP contribution is -2.39. The molecule has 1 aliphatic heterocycles. The van der Waals surface area contributed by atoms with E-state index in [2.05, 4.69) is 44.6 Å². The fourth-order valence-electron chi connectivity index (χ4n) is 3.91. The van der Waals surface area contributed by atoms with Crippen LogP contribution in [0.4, 0.5) is 5.69 Å². The zero-order valence-electron chi connectivity index (χ0n) is 16.2. The summed E-state index contributed by atoms with van der Waals surface area (Å²) < 4.78 is 1.51. The van der Waals surface area contributed by atoms with Crippen molar-refractivity contribution < 1.29 is 4.79 Å². The summed E-state index contributed by atoms with van der Waals surface area (Å²) in [6, 6.07) is 10.5. The predicted molar refractivity (Wildman–Crippen MR) is 112 cm³/mol. The molecule has 7 heteroatoms. The van der Waals surface area contributed by atoms with Gasteiger partial charge in [0.05, 0.1) is 16.7 Å². The van der Waals surface area contributed by atoms with Crippen LogP contribution in [0.15, 0.2) is 36.5 Å². The molecule has 28 heavy (non-hydrogen) atoms. The van der Waals surface area contributed by atoms with E-state index < -0.39 is 0 Å². The highest BCUT2D eigenvalue weighted by molar-refractivity contribution is 6.33. The molecule has 4 rings (SSSR count). The molecular formula is C21H24ClN5O. The van der Waals surface area contributed by atoms with Crippen LogP contribution in [0.2, 0.25) is 5.02 Å². The van der Waals surface area contributed by atoms with E-state index in [1.807, 2.05) is 13.0 Å². The summed E-state index contributed by atoms with van der Waals surface area (Å²) in [5.74, 6) is 0.296. The Balaban J connectivity index is 1.38. The Hall–Kier alpha value is -2.60. The van der Waals surface area contributed by atoms with Gasteiger partial charge in [0.25, 0.3) is 5.91 Å². The zero-order chi connectivity index (χ0) is 19.7. The number of anilines is 1. The molecule has 1 saturated heterocycles. The second-order valence-corrected chi connectivity index (χ2v) is 7.81. The molecular weight excluding hydrogens is 374 g/mol. The molecule has 3 heterocycles. The van der Waals surface area contributed by atoms with Crippen LogP contribution < -0.4 is 10.2 Å². The van der Waals surface area contributed by atoms with Crippen molar-refractivity contribution in [2.24, 2.45) is 13.0 Å². The number of nitrogens with one attached hydrogen (secondary N) is 1. The van der Waals surface area contributed by atoms with Gasteiger partial charge in [-0.2, -0.15) is 5.10 Å².